The highest BCUT2D eigenvalue weighted by molar-refractivity contribution is 5.72. The van der Waals surface area contributed by atoms with E-state index in [2.05, 4.69) is 12.2 Å². The largest absolute Gasteiger partial charge is 0.480 e. The predicted octanol–water partition coefficient (Wildman–Crippen LogP) is 1.23. The minimum absolute atomic E-state index is 0.357. The number of carboxylic acid groups (broad SMARTS) is 1. The zero-order chi connectivity index (χ0) is 17.7. The molecule has 3 atom stereocenters. The number of carbonyl (C=O) groups is 1. The van der Waals surface area contributed by atoms with E-state index in [0.29, 0.717) is 39.0 Å². The van der Waals surface area contributed by atoms with E-state index in [0.717, 1.165) is 12.8 Å². The molecule has 0 aliphatic heterocycles. The molecule has 136 valence electrons. The second-order valence-electron chi connectivity index (χ2n) is 5.97. The van der Waals surface area contributed by atoms with Gasteiger partial charge in [-0.3, -0.25) is 9.69 Å². The van der Waals surface area contributed by atoms with Crippen molar-refractivity contribution < 1.29 is 20.1 Å². The molecule has 0 heterocycles. The van der Waals surface area contributed by atoms with Gasteiger partial charge < -0.3 is 20.6 Å². The fraction of sp³-hybridized carbons (Fsp3) is 0.824. The lowest BCUT2D eigenvalue weighted by molar-refractivity contribution is -0.143. The number of nitrogens with zero attached hydrogens (tertiary/aromatic N) is 1. The number of unbranched alkanes of at least 4 members (excludes halogenated alkanes) is 1. The van der Waals surface area contributed by atoms with Gasteiger partial charge in [-0.05, 0) is 26.7 Å². The first-order valence-corrected chi connectivity index (χ1v) is 8.57. The zero-order valence-electron chi connectivity index (χ0n) is 14.7. The summed E-state index contributed by atoms with van der Waals surface area (Å²) in [5, 5.41) is 32.1. The van der Waals surface area contributed by atoms with E-state index in [-0.39, 0.29) is 0 Å². The number of hydrogen-bond acceptors (Lipinski definition) is 5. The van der Waals surface area contributed by atoms with Gasteiger partial charge in [-0.25, -0.2) is 0 Å². The lowest BCUT2D eigenvalue weighted by Gasteiger charge is -2.28. The first-order chi connectivity index (χ1) is 10.9. The first-order valence-electron chi connectivity index (χ1n) is 8.57. The van der Waals surface area contributed by atoms with Crippen LogP contribution in [0.25, 0.3) is 0 Å². The van der Waals surface area contributed by atoms with Gasteiger partial charge in [-0.15, -0.1) is 0 Å². The first kappa shape index (κ1) is 22.1. The SMILES string of the molecule is C/C=C/CC(O)CNCCN(CC(O)CCCC)C(C)C(=O)O. The molecule has 0 aromatic rings. The molecule has 0 aliphatic rings. The van der Waals surface area contributed by atoms with Crippen LogP contribution in [0.3, 0.4) is 0 Å². The third-order valence-corrected chi connectivity index (χ3v) is 3.84. The van der Waals surface area contributed by atoms with Gasteiger partial charge in [0.25, 0.3) is 0 Å². The summed E-state index contributed by atoms with van der Waals surface area (Å²) < 4.78 is 0. The van der Waals surface area contributed by atoms with Gasteiger partial charge >= 0.3 is 5.97 Å². The smallest absolute Gasteiger partial charge is 0.320 e. The Morgan fingerprint density at radius 2 is 2.00 bits per heavy atom. The van der Waals surface area contributed by atoms with Crippen molar-refractivity contribution in [3.63, 3.8) is 0 Å². The molecule has 0 radical (unpaired) electrons. The second kappa shape index (κ2) is 13.5. The van der Waals surface area contributed by atoms with Crippen molar-refractivity contribution >= 4 is 5.97 Å². The quantitative estimate of drug-likeness (QED) is 0.283. The fourth-order valence-electron chi connectivity index (χ4n) is 2.27. The highest BCUT2D eigenvalue weighted by Crippen LogP contribution is 2.06. The molecule has 23 heavy (non-hydrogen) atoms. The van der Waals surface area contributed by atoms with Crippen molar-refractivity contribution in [2.75, 3.05) is 26.2 Å². The summed E-state index contributed by atoms with van der Waals surface area (Å²) in [6.45, 7) is 7.53. The summed E-state index contributed by atoms with van der Waals surface area (Å²) in [7, 11) is 0. The van der Waals surface area contributed by atoms with Crippen molar-refractivity contribution in [2.24, 2.45) is 0 Å². The Morgan fingerprint density at radius 1 is 1.30 bits per heavy atom. The molecular formula is C17H34N2O4. The lowest BCUT2D eigenvalue weighted by Crippen LogP contribution is -2.46. The van der Waals surface area contributed by atoms with Crippen molar-refractivity contribution in [1.82, 2.24) is 10.2 Å². The number of aliphatic hydroxyl groups excluding tert-OH is 2. The highest BCUT2D eigenvalue weighted by Gasteiger charge is 2.22. The van der Waals surface area contributed by atoms with Crippen LogP contribution >= 0.6 is 0 Å². The Labute approximate surface area is 140 Å². The van der Waals surface area contributed by atoms with E-state index in [1.807, 2.05) is 19.1 Å². The molecule has 0 aromatic carbocycles. The van der Waals surface area contributed by atoms with E-state index in [1.165, 1.54) is 0 Å². The van der Waals surface area contributed by atoms with Crippen LogP contribution in [0.1, 0.15) is 46.5 Å². The molecule has 6 nitrogen and oxygen atoms in total. The molecule has 3 unspecified atom stereocenters. The van der Waals surface area contributed by atoms with Gasteiger partial charge in [-0.2, -0.15) is 0 Å². The van der Waals surface area contributed by atoms with Crippen LogP contribution in [-0.2, 0) is 4.79 Å². The minimum atomic E-state index is -0.888. The average molecular weight is 330 g/mol. The molecule has 4 N–H and O–H groups in total. The molecule has 0 saturated carbocycles. The van der Waals surface area contributed by atoms with Crippen LogP contribution in [-0.4, -0.2) is 70.6 Å². The third-order valence-electron chi connectivity index (χ3n) is 3.84. The van der Waals surface area contributed by atoms with Crippen molar-refractivity contribution in [3.05, 3.63) is 12.2 Å². The number of aliphatic hydroxyl groups is 2. The molecule has 0 fully saturated rings. The molecule has 0 rings (SSSR count). The van der Waals surface area contributed by atoms with E-state index >= 15 is 0 Å². The summed E-state index contributed by atoms with van der Waals surface area (Å²) in [6.07, 6.45) is 6.11. The Hall–Kier alpha value is -0.950. The van der Waals surface area contributed by atoms with Gasteiger partial charge in [0.1, 0.15) is 6.04 Å². The minimum Gasteiger partial charge on any atom is -0.480 e. The molecule has 0 saturated heterocycles. The zero-order valence-corrected chi connectivity index (χ0v) is 14.7. The fourth-order valence-corrected chi connectivity index (χ4v) is 2.27. The standard InChI is InChI=1S/C17H34N2O4/c1-4-6-8-15(20)12-18-10-11-19(14(3)17(22)23)13-16(21)9-7-5-2/h4,6,14-16,18,20-21H,5,7-13H2,1-3H3,(H,22,23)/b6-4+. The number of rotatable bonds is 14. The van der Waals surface area contributed by atoms with Crippen molar-refractivity contribution in [3.8, 4) is 0 Å². The van der Waals surface area contributed by atoms with Crippen LogP contribution in [0.15, 0.2) is 12.2 Å². The van der Waals surface area contributed by atoms with Gasteiger partial charge in [0.2, 0.25) is 0 Å². The van der Waals surface area contributed by atoms with Crippen LogP contribution in [0.2, 0.25) is 0 Å². The second-order valence-corrected chi connectivity index (χ2v) is 5.97. The third kappa shape index (κ3) is 11.3. The average Bonchev–Trinajstić information content (AvgIpc) is 2.52. The number of hydrogen-bond donors (Lipinski definition) is 4. The van der Waals surface area contributed by atoms with Crippen molar-refractivity contribution in [2.45, 2.75) is 64.7 Å². The normalized spacial score (nSPS) is 15.9. The maximum atomic E-state index is 11.2. The molecule has 0 spiro atoms. The van der Waals surface area contributed by atoms with Crippen LogP contribution < -0.4 is 5.32 Å². The topological polar surface area (TPSA) is 93.0 Å². The van der Waals surface area contributed by atoms with Gasteiger partial charge in [-0.1, -0.05) is 31.9 Å². The maximum Gasteiger partial charge on any atom is 0.320 e. The van der Waals surface area contributed by atoms with E-state index < -0.39 is 24.2 Å². The maximum absolute atomic E-state index is 11.2. The summed E-state index contributed by atoms with van der Waals surface area (Å²) >= 11 is 0. The van der Waals surface area contributed by atoms with Gasteiger partial charge in [0.05, 0.1) is 12.2 Å². The summed E-state index contributed by atoms with van der Waals surface area (Å²) in [4.78, 5) is 13.0. The highest BCUT2D eigenvalue weighted by atomic mass is 16.4. The molecule has 6 heteroatoms. The number of aliphatic carboxylic acids is 1. The Balaban J connectivity index is 4.23. The lowest BCUT2D eigenvalue weighted by atomic mass is 10.1. The van der Waals surface area contributed by atoms with E-state index in [9.17, 15) is 20.1 Å². The summed E-state index contributed by atoms with van der Waals surface area (Å²) in [6, 6.07) is -0.638. The molecule has 0 aliphatic carbocycles. The van der Waals surface area contributed by atoms with Crippen LogP contribution in [0.5, 0.6) is 0 Å². The van der Waals surface area contributed by atoms with Crippen LogP contribution in [0, 0.1) is 0 Å². The van der Waals surface area contributed by atoms with E-state index in [4.69, 9.17) is 0 Å². The summed E-state index contributed by atoms with van der Waals surface area (Å²) in [5.41, 5.74) is 0. The van der Waals surface area contributed by atoms with Gasteiger partial charge in [0.15, 0.2) is 0 Å². The molecule has 0 bridgehead atoms. The Bertz CT molecular complexity index is 337. The number of carboxylic acids is 1. The van der Waals surface area contributed by atoms with Crippen LogP contribution in [0.4, 0.5) is 0 Å². The van der Waals surface area contributed by atoms with E-state index in [1.54, 1.807) is 11.8 Å². The monoisotopic (exact) mass is 330 g/mol. The Morgan fingerprint density at radius 3 is 2.57 bits per heavy atom. The Kier molecular flexibility index (Phi) is 12.9. The molecule has 0 aromatic heterocycles. The van der Waals surface area contributed by atoms with Gasteiger partial charge in [0, 0.05) is 26.2 Å². The number of nitrogens with one attached hydrogen (secondary N) is 1. The molecule has 0 amide bonds. The molecular weight excluding hydrogens is 296 g/mol. The predicted molar refractivity (Wildman–Crippen MR) is 92.5 cm³/mol. The van der Waals surface area contributed by atoms with Crippen molar-refractivity contribution in [1.29, 1.82) is 0 Å². The summed E-state index contributed by atoms with van der Waals surface area (Å²) in [5.74, 6) is -0.888. The number of allylic oxidation sites excluding steroid dienone is 1.